The summed E-state index contributed by atoms with van der Waals surface area (Å²) in [6.45, 7) is 0. The van der Waals surface area contributed by atoms with Gasteiger partial charge in [0.15, 0.2) is 0 Å². The number of hydrogen-bond acceptors (Lipinski definition) is 0. The second kappa shape index (κ2) is 18.1. The van der Waals surface area contributed by atoms with Gasteiger partial charge in [0.2, 0.25) is 0 Å². The predicted molar refractivity (Wildman–Crippen MR) is 18.9 cm³/mol. The van der Waals surface area contributed by atoms with Crippen molar-refractivity contribution >= 4 is 16.6 Å². The van der Waals surface area contributed by atoms with Gasteiger partial charge in [-0.3, -0.25) is 0 Å². The van der Waals surface area contributed by atoms with Gasteiger partial charge in [-0.25, -0.2) is 0 Å². The molecule has 0 rings (SSSR count). The first-order chi connectivity index (χ1) is 1.41. The Morgan fingerprint density at radius 2 is 1.00 bits per heavy atom. The standard InChI is InChI=1S/Cd.2ClH.2H2O/h;2*1H;2*1H2/q+2;;;;/p-2. The quantitative estimate of drug-likeness (QED) is 0.503. The fraction of sp³-hybridized carbons (Fsp3) is 0. The molecule has 2 nitrogen and oxygen atoms in total. The Kier molecular flexibility index (Phi) is 58.3. The summed E-state index contributed by atoms with van der Waals surface area (Å²) >= 11 is -1.07. The van der Waals surface area contributed by atoms with Crippen LogP contribution in [0.4, 0.5) is 0 Å². The van der Waals surface area contributed by atoms with E-state index >= 15 is 0 Å². The Balaban J connectivity index is -0.0000000200. The van der Waals surface area contributed by atoms with Gasteiger partial charge in [-0.2, -0.15) is 0 Å². The molecule has 0 heterocycles. The van der Waals surface area contributed by atoms with Gasteiger partial charge in [0.05, 0.1) is 0 Å². The van der Waals surface area contributed by atoms with Gasteiger partial charge in [0.1, 0.15) is 0 Å². The van der Waals surface area contributed by atoms with Crippen molar-refractivity contribution in [3.8, 4) is 0 Å². The van der Waals surface area contributed by atoms with E-state index in [9.17, 15) is 0 Å². The average Bonchev–Trinajstić information content (AvgIpc) is 0.918. The van der Waals surface area contributed by atoms with E-state index in [1.54, 1.807) is 0 Å². The molecule has 0 unspecified atom stereocenters. The van der Waals surface area contributed by atoms with E-state index in [1.165, 1.54) is 0 Å². The van der Waals surface area contributed by atoms with Crippen LogP contribution < -0.4 is 0 Å². The molecule has 0 saturated carbocycles. The van der Waals surface area contributed by atoms with Crippen molar-refractivity contribution in [1.29, 1.82) is 0 Å². The fourth-order valence-electron chi connectivity index (χ4n) is 0. The zero-order valence-electron chi connectivity index (χ0n) is 2.46. The van der Waals surface area contributed by atoms with E-state index in [0.717, 1.165) is 0 Å². The summed E-state index contributed by atoms with van der Waals surface area (Å²) in [5.41, 5.74) is 0. The molecule has 0 aromatic rings. The van der Waals surface area contributed by atoms with Crippen LogP contribution in [0.5, 0.6) is 0 Å². The summed E-state index contributed by atoms with van der Waals surface area (Å²) in [4.78, 5) is 0. The van der Waals surface area contributed by atoms with Crippen LogP contribution in [0.2, 0.25) is 0 Å². The Hall–Kier alpha value is 1.42. The molecular weight excluding hydrogens is 215 g/mol. The van der Waals surface area contributed by atoms with E-state index in [0.29, 0.717) is 0 Å². The summed E-state index contributed by atoms with van der Waals surface area (Å²) < 4.78 is 0. The second-order valence-corrected chi connectivity index (χ2v) is 6.10. The Bertz CT molecular complexity index is 7.61. The third kappa shape index (κ3) is 31.4. The normalized spacial score (nSPS) is 2.00. The van der Waals surface area contributed by atoms with Crippen LogP contribution in [-0.2, 0) is 21.8 Å². The molecule has 5 heteroatoms. The molecule has 0 atom stereocenters. The molecule has 0 radical (unpaired) electrons. The minimum atomic E-state index is -1.07. The maximum absolute atomic E-state index is 4.97. The molecule has 0 bridgehead atoms. The third-order valence-electron chi connectivity index (χ3n) is 0. The van der Waals surface area contributed by atoms with Gasteiger partial charge in [-0.05, 0) is 0 Å². The average molecular weight is 219 g/mol. The monoisotopic (exact) mass is 220 g/mol. The summed E-state index contributed by atoms with van der Waals surface area (Å²) in [5.74, 6) is 0. The molecule has 0 aliphatic carbocycles. The molecule has 0 amide bonds. The Labute approximate surface area is 49.2 Å². The maximum atomic E-state index is 4.97. The Morgan fingerprint density at radius 1 is 1.00 bits per heavy atom. The van der Waals surface area contributed by atoms with Gasteiger partial charge >= 0.3 is 38.4 Å². The summed E-state index contributed by atoms with van der Waals surface area (Å²) in [7, 11) is 9.95. The van der Waals surface area contributed by atoms with Crippen molar-refractivity contribution in [2.75, 3.05) is 0 Å². The van der Waals surface area contributed by atoms with Gasteiger partial charge in [-0.15, -0.1) is 0 Å². The van der Waals surface area contributed by atoms with Crippen LogP contribution in [0.25, 0.3) is 0 Å². The van der Waals surface area contributed by atoms with Crippen molar-refractivity contribution in [3.63, 3.8) is 0 Å². The van der Waals surface area contributed by atoms with Gasteiger partial charge in [0.25, 0.3) is 0 Å². The van der Waals surface area contributed by atoms with Crippen LogP contribution in [0.3, 0.4) is 0 Å². The van der Waals surface area contributed by atoms with Gasteiger partial charge in [0, 0.05) is 0 Å². The second-order valence-electron chi connectivity index (χ2n) is 0.101. The molecule has 0 aromatic carbocycles. The molecule has 0 saturated heterocycles. The topological polar surface area (TPSA) is 63.0 Å². The number of hydrogen-bond donors (Lipinski definition) is 0. The van der Waals surface area contributed by atoms with Crippen LogP contribution in [0, 0.1) is 0 Å². The van der Waals surface area contributed by atoms with Gasteiger partial charge in [-0.1, -0.05) is 0 Å². The predicted octanol–water partition coefficient (Wildman–Crippen LogP) is -0.273. The molecule has 32 valence electrons. The van der Waals surface area contributed by atoms with Crippen LogP contribution >= 0.6 is 16.6 Å². The van der Waals surface area contributed by atoms with Crippen LogP contribution in [0.1, 0.15) is 0 Å². The first kappa shape index (κ1) is 16.1. The fourth-order valence-corrected chi connectivity index (χ4v) is 0. The summed E-state index contributed by atoms with van der Waals surface area (Å²) in [6.07, 6.45) is 0. The zero-order chi connectivity index (χ0) is 2.71. The SMILES string of the molecule is O.O.[Cl][Cd][Cl]. The van der Waals surface area contributed by atoms with Gasteiger partial charge < -0.3 is 11.0 Å². The summed E-state index contributed by atoms with van der Waals surface area (Å²) in [5, 5.41) is 0. The van der Waals surface area contributed by atoms with Crippen LogP contribution in [0.15, 0.2) is 0 Å². The molecule has 0 spiro atoms. The van der Waals surface area contributed by atoms with Crippen molar-refractivity contribution in [2.24, 2.45) is 0 Å². The zero-order valence-corrected chi connectivity index (χ0v) is 8.01. The number of halogens is 2. The molecule has 0 aliphatic rings. The summed E-state index contributed by atoms with van der Waals surface area (Å²) in [6, 6.07) is 0. The molecular formula is H4CdCl2O2. The minimum absolute atomic E-state index is 0. The third-order valence-corrected chi connectivity index (χ3v) is 0. The first-order valence-corrected chi connectivity index (χ1v) is 10.8. The van der Waals surface area contributed by atoms with Crippen molar-refractivity contribution in [2.45, 2.75) is 0 Å². The van der Waals surface area contributed by atoms with Crippen molar-refractivity contribution < 1.29 is 32.7 Å². The van der Waals surface area contributed by atoms with Crippen molar-refractivity contribution in [1.82, 2.24) is 0 Å². The Morgan fingerprint density at radius 3 is 1.00 bits per heavy atom. The molecule has 4 N–H and O–H groups in total. The van der Waals surface area contributed by atoms with E-state index in [-0.39, 0.29) is 11.0 Å². The van der Waals surface area contributed by atoms with Crippen LogP contribution in [-0.4, -0.2) is 11.0 Å². The molecule has 0 aliphatic heterocycles. The number of rotatable bonds is 0. The van der Waals surface area contributed by atoms with Crippen molar-refractivity contribution in [3.05, 3.63) is 0 Å². The van der Waals surface area contributed by atoms with E-state index in [4.69, 9.17) is 16.6 Å². The molecule has 0 fully saturated rings. The van der Waals surface area contributed by atoms with E-state index in [1.807, 2.05) is 0 Å². The molecule has 5 heavy (non-hydrogen) atoms. The van der Waals surface area contributed by atoms with E-state index < -0.39 is 21.8 Å². The molecule has 0 aromatic heterocycles. The first-order valence-electron chi connectivity index (χ1n) is 0.535. The van der Waals surface area contributed by atoms with E-state index in [2.05, 4.69) is 0 Å².